The maximum atomic E-state index is 12.5. The number of amides is 3. The Balaban J connectivity index is 4.01. The molecular formula is C43H85N3O5S. The van der Waals surface area contributed by atoms with E-state index in [1.807, 2.05) is 0 Å². The number of hydrogen-bond acceptors (Lipinski definition) is 6. The van der Waals surface area contributed by atoms with Crippen molar-refractivity contribution in [1.29, 1.82) is 0 Å². The lowest BCUT2D eigenvalue weighted by atomic mass is 9.98. The molecular weight excluding hydrogens is 671 g/mol. The molecule has 0 saturated carbocycles. The molecule has 0 saturated heterocycles. The summed E-state index contributed by atoms with van der Waals surface area (Å²) in [6, 6.07) is 0. The Labute approximate surface area is 327 Å². The first-order valence-electron chi connectivity index (χ1n) is 22.1. The number of rotatable bonds is 39. The lowest BCUT2D eigenvalue weighted by Crippen LogP contribution is -2.41. The second kappa shape index (κ2) is 40.5. The van der Waals surface area contributed by atoms with Crippen LogP contribution in [0, 0.1) is 5.92 Å². The number of thiol groups is 1. The highest BCUT2D eigenvalue weighted by atomic mass is 32.1. The molecule has 8 nitrogen and oxygen atoms in total. The SMILES string of the molecule is CCCCCCCCCCCCCCCCCNC(=O)OCC(CNC(=O)CCS)OC(=O)NCCC(C)CCCCCCCCCCCCCC. The Morgan fingerprint density at radius 1 is 0.519 bits per heavy atom. The Bertz CT molecular complexity index is 803. The van der Waals surface area contributed by atoms with Crippen LogP contribution in [0.3, 0.4) is 0 Å². The van der Waals surface area contributed by atoms with Gasteiger partial charge in [-0.25, -0.2) is 9.59 Å². The molecule has 52 heavy (non-hydrogen) atoms. The third-order valence-electron chi connectivity index (χ3n) is 10.0. The quantitative estimate of drug-likeness (QED) is 0.0369. The summed E-state index contributed by atoms with van der Waals surface area (Å²) in [5.74, 6) is 0.762. The maximum Gasteiger partial charge on any atom is 0.407 e. The smallest absolute Gasteiger partial charge is 0.407 e. The maximum absolute atomic E-state index is 12.5. The molecule has 0 rings (SSSR count). The molecule has 3 N–H and O–H groups in total. The fourth-order valence-electron chi connectivity index (χ4n) is 6.55. The molecule has 0 aliphatic rings. The van der Waals surface area contributed by atoms with Crippen LogP contribution in [0.1, 0.15) is 213 Å². The molecule has 0 aliphatic carbocycles. The van der Waals surface area contributed by atoms with Crippen LogP contribution in [0.15, 0.2) is 0 Å². The van der Waals surface area contributed by atoms with Crippen LogP contribution in [-0.4, -0.2) is 56.2 Å². The number of ether oxygens (including phenoxy) is 2. The van der Waals surface area contributed by atoms with E-state index in [2.05, 4.69) is 49.4 Å². The molecule has 0 aliphatic heterocycles. The van der Waals surface area contributed by atoms with E-state index in [1.165, 1.54) is 161 Å². The highest BCUT2D eigenvalue weighted by Crippen LogP contribution is 2.16. The monoisotopic (exact) mass is 756 g/mol. The Morgan fingerprint density at radius 2 is 0.942 bits per heavy atom. The normalized spacial score (nSPS) is 12.3. The molecule has 0 aromatic heterocycles. The summed E-state index contributed by atoms with van der Waals surface area (Å²) in [5, 5.41) is 8.37. The van der Waals surface area contributed by atoms with Gasteiger partial charge in [0.05, 0.1) is 6.54 Å². The largest absolute Gasteiger partial charge is 0.446 e. The van der Waals surface area contributed by atoms with Gasteiger partial charge >= 0.3 is 12.2 Å². The van der Waals surface area contributed by atoms with E-state index in [0.717, 1.165) is 25.7 Å². The Kier molecular flexibility index (Phi) is 39.3. The highest BCUT2D eigenvalue weighted by molar-refractivity contribution is 7.80. The van der Waals surface area contributed by atoms with E-state index in [-0.39, 0.29) is 25.5 Å². The Hall–Kier alpha value is -1.64. The van der Waals surface area contributed by atoms with E-state index in [0.29, 0.717) is 24.8 Å². The summed E-state index contributed by atoms with van der Waals surface area (Å²) in [5.41, 5.74) is 0. The topological polar surface area (TPSA) is 106 Å². The van der Waals surface area contributed by atoms with Gasteiger partial charge in [-0.1, -0.05) is 194 Å². The molecule has 308 valence electrons. The van der Waals surface area contributed by atoms with Crippen molar-refractivity contribution < 1.29 is 23.9 Å². The van der Waals surface area contributed by atoms with Crippen molar-refractivity contribution in [3.63, 3.8) is 0 Å². The van der Waals surface area contributed by atoms with Crippen molar-refractivity contribution in [2.45, 2.75) is 219 Å². The second-order valence-electron chi connectivity index (χ2n) is 15.3. The predicted molar refractivity (Wildman–Crippen MR) is 224 cm³/mol. The van der Waals surface area contributed by atoms with E-state index in [4.69, 9.17) is 9.47 Å². The third-order valence-corrected chi connectivity index (χ3v) is 10.3. The first-order valence-corrected chi connectivity index (χ1v) is 22.8. The van der Waals surface area contributed by atoms with Crippen LogP contribution in [-0.2, 0) is 14.3 Å². The van der Waals surface area contributed by atoms with Crippen molar-refractivity contribution >= 4 is 30.7 Å². The predicted octanol–water partition coefficient (Wildman–Crippen LogP) is 12.2. The van der Waals surface area contributed by atoms with Gasteiger partial charge in [-0.15, -0.1) is 0 Å². The zero-order valence-corrected chi connectivity index (χ0v) is 35.3. The first-order chi connectivity index (χ1) is 25.4. The summed E-state index contributed by atoms with van der Waals surface area (Å²) >= 11 is 4.10. The summed E-state index contributed by atoms with van der Waals surface area (Å²) in [6.07, 6.45) is 36.1. The van der Waals surface area contributed by atoms with Gasteiger partial charge in [0.15, 0.2) is 6.10 Å². The fourth-order valence-corrected chi connectivity index (χ4v) is 6.75. The van der Waals surface area contributed by atoms with Crippen molar-refractivity contribution in [3.05, 3.63) is 0 Å². The lowest BCUT2D eigenvalue weighted by molar-refractivity contribution is -0.121. The van der Waals surface area contributed by atoms with E-state index in [1.54, 1.807) is 0 Å². The first kappa shape index (κ1) is 50.4. The summed E-state index contributed by atoms with van der Waals surface area (Å²) in [4.78, 5) is 36.8. The van der Waals surface area contributed by atoms with Gasteiger partial charge in [0, 0.05) is 19.5 Å². The van der Waals surface area contributed by atoms with Crippen molar-refractivity contribution in [1.82, 2.24) is 16.0 Å². The van der Waals surface area contributed by atoms with Crippen molar-refractivity contribution in [2.24, 2.45) is 5.92 Å². The van der Waals surface area contributed by atoms with Crippen LogP contribution in [0.2, 0.25) is 0 Å². The molecule has 0 fully saturated rings. The second-order valence-corrected chi connectivity index (χ2v) is 15.7. The molecule has 0 spiro atoms. The van der Waals surface area contributed by atoms with Gasteiger partial charge in [-0.3, -0.25) is 4.79 Å². The molecule has 0 aromatic rings. The lowest BCUT2D eigenvalue weighted by Gasteiger charge is -2.19. The number of unbranched alkanes of at least 4 members (excludes halogenated alkanes) is 25. The van der Waals surface area contributed by atoms with Gasteiger partial charge in [-0.2, -0.15) is 12.6 Å². The molecule has 0 bridgehead atoms. The molecule has 9 heteroatoms. The van der Waals surface area contributed by atoms with Crippen LogP contribution >= 0.6 is 12.6 Å². The van der Waals surface area contributed by atoms with Crippen molar-refractivity contribution in [3.8, 4) is 0 Å². The third kappa shape index (κ3) is 38.1. The highest BCUT2D eigenvalue weighted by Gasteiger charge is 2.18. The molecule has 0 radical (unpaired) electrons. The van der Waals surface area contributed by atoms with Gasteiger partial charge in [0.1, 0.15) is 6.61 Å². The zero-order chi connectivity index (χ0) is 38.2. The zero-order valence-electron chi connectivity index (χ0n) is 34.4. The molecule has 3 amide bonds. The van der Waals surface area contributed by atoms with Gasteiger partial charge in [-0.05, 0) is 24.5 Å². The fraction of sp³-hybridized carbons (Fsp3) is 0.930. The minimum absolute atomic E-state index is 0.0712. The van der Waals surface area contributed by atoms with E-state index >= 15 is 0 Å². The summed E-state index contributed by atoms with van der Waals surface area (Å²) in [7, 11) is 0. The molecule has 2 unspecified atom stereocenters. The van der Waals surface area contributed by atoms with Crippen LogP contribution < -0.4 is 16.0 Å². The average molecular weight is 756 g/mol. The van der Waals surface area contributed by atoms with Crippen LogP contribution in [0.4, 0.5) is 9.59 Å². The Morgan fingerprint density at radius 3 is 1.40 bits per heavy atom. The number of carbonyl (C=O) groups excluding carboxylic acids is 3. The van der Waals surface area contributed by atoms with Gasteiger partial charge in [0.2, 0.25) is 5.91 Å². The summed E-state index contributed by atoms with van der Waals surface area (Å²) in [6.45, 7) is 7.79. The van der Waals surface area contributed by atoms with Crippen LogP contribution in [0.25, 0.3) is 0 Å². The number of carbonyl (C=O) groups is 3. The molecule has 0 heterocycles. The molecule has 0 aromatic carbocycles. The number of nitrogens with one attached hydrogen (secondary N) is 3. The van der Waals surface area contributed by atoms with Crippen LogP contribution in [0.5, 0.6) is 0 Å². The minimum Gasteiger partial charge on any atom is -0.446 e. The van der Waals surface area contributed by atoms with E-state index in [9.17, 15) is 14.4 Å². The standard InChI is InChI=1S/C43H85N3O5S/c1-4-6-8-10-12-14-16-18-19-20-22-24-26-28-30-34-44-42(48)50-38-40(37-46-41(47)33-36-52)51-43(49)45-35-32-39(3)31-29-27-25-23-21-17-15-13-11-9-7-5-2/h39-40,52H,4-38H2,1-3H3,(H,44,48)(H,45,49)(H,46,47). The van der Waals surface area contributed by atoms with Gasteiger partial charge < -0.3 is 25.4 Å². The van der Waals surface area contributed by atoms with Gasteiger partial charge in [0.25, 0.3) is 0 Å². The number of alkyl carbamates (subject to hydrolysis) is 2. The van der Waals surface area contributed by atoms with Crippen molar-refractivity contribution in [2.75, 3.05) is 32.0 Å². The summed E-state index contributed by atoms with van der Waals surface area (Å²) < 4.78 is 10.9. The minimum atomic E-state index is -0.779. The number of hydrogen-bond donors (Lipinski definition) is 4. The average Bonchev–Trinajstić information content (AvgIpc) is 3.13. The van der Waals surface area contributed by atoms with E-state index < -0.39 is 18.3 Å². The molecule has 2 atom stereocenters.